The number of aromatic nitrogens is 4. The molecule has 0 saturated heterocycles. The van der Waals surface area contributed by atoms with E-state index >= 15 is 0 Å². The molecule has 0 aliphatic carbocycles. The van der Waals surface area contributed by atoms with Crippen LogP contribution in [0.25, 0.3) is 0 Å². The quantitative estimate of drug-likeness (QED) is 0.806. The molecule has 0 aliphatic heterocycles. The van der Waals surface area contributed by atoms with Gasteiger partial charge in [0, 0.05) is 11.6 Å². The van der Waals surface area contributed by atoms with E-state index in [-0.39, 0.29) is 11.2 Å². The first-order valence-electron chi connectivity index (χ1n) is 4.48. The summed E-state index contributed by atoms with van der Waals surface area (Å²) in [6.07, 6.45) is 3.06. The lowest BCUT2D eigenvalue weighted by molar-refractivity contribution is -0.115. The van der Waals surface area contributed by atoms with E-state index in [1.54, 1.807) is 13.1 Å². The third-order valence-corrected chi connectivity index (χ3v) is 3.39. The Morgan fingerprint density at radius 3 is 3.12 bits per heavy atom. The molecule has 0 aromatic carbocycles. The highest BCUT2D eigenvalue weighted by molar-refractivity contribution is 8.00. The smallest absolute Gasteiger partial charge is 0.239 e. The lowest BCUT2D eigenvalue weighted by atomic mass is 10.4. The fraction of sp³-hybridized carbons (Fsp3) is 0.250. The minimum Gasteiger partial charge on any atom is -0.301 e. The van der Waals surface area contributed by atoms with Gasteiger partial charge in [-0.05, 0) is 6.92 Å². The number of carbonyl (C=O) groups excluding carboxylic acids is 1. The zero-order valence-electron chi connectivity index (χ0n) is 8.38. The second kappa shape index (κ2) is 5.08. The number of amides is 1. The molecule has 84 valence electrons. The van der Waals surface area contributed by atoms with Crippen LogP contribution in [0.1, 0.15) is 6.92 Å². The maximum absolute atomic E-state index is 11.7. The van der Waals surface area contributed by atoms with Crippen LogP contribution in [0.5, 0.6) is 0 Å². The average molecular weight is 255 g/mol. The Bertz CT molecular complexity index is 441. The van der Waals surface area contributed by atoms with Crippen molar-refractivity contribution in [3.8, 4) is 0 Å². The van der Waals surface area contributed by atoms with Gasteiger partial charge in [-0.2, -0.15) is 5.10 Å². The normalized spacial score (nSPS) is 12.3. The summed E-state index contributed by atoms with van der Waals surface area (Å²) < 4.78 is 0. The predicted octanol–water partition coefficient (Wildman–Crippen LogP) is 1.38. The third-order valence-electron chi connectivity index (χ3n) is 1.71. The predicted molar refractivity (Wildman–Crippen MR) is 62.4 cm³/mol. The summed E-state index contributed by atoms with van der Waals surface area (Å²) in [4.78, 5) is 19.6. The fourth-order valence-electron chi connectivity index (χ4n) is 0.964. The van der Waals surface area contributed by atoms with Gasteiger partial charge in [-0.1, -0.05) is 11.8 Å². The largest absolute Gasteiger partial charge is 0.301 e. The lowest BCUT2D eigenvalue weighted by Gasteiger charge is -2.07. The van der Waals surface area contributed by atoms with Crippen molar-refractivity contribution in [2.75, 3.05) is 5.32 Å². The number of nitrogens with one attached hydrogen (secondary N) is 2. The zero-order valence-corrected chi connectivity index (χ0v) is 10.0. The fourth-order valence-corrected chi connectivity index (χ4v) is 2.21. The lowest BCUT2D eigenvalue weighted by Crippen LogP contribution is -2.22. The number of thioether (sulfide) groups is 1. The third kappa shape index (κ3) is 2.80. The first-order valence-corrected chi connectivity index (χ1v) is 6.24. The second-order valence-electron chi connectivity index (χ2n) is 2.88. The number of rotatable bonds is 4. The minimum atomic E-state index is -0.253. The molecule has 2 aromatic heterocycles. The summed E-state index contributed by atoms with van der Waals surface area (Å²) in [5.41, 5.74) is 0. The summed E-state index contributed by atoms with van der Waals surface area (Å²) in [6, 6.07) is 0. The van der Waals surface area contributed by atoms with E-state index in [4.69, 9.17) is 0 Å². The number of hydrogen-bond donors (Lipinski definition) is 2. The van der Waals surface area contributed by atoms with Gasteiger partial charge in [0.2, 0.25) is 5.91 Å². The second-order valence-corrected chi connectivity index (χ2v) is 5.10. The molecule has 0 aliphatic rings. The molecule has 6 nitrogen and oxygen atoms in total. The van der Waals surface area contributed by atoms with Gasteiger partial charge in [0.15, 0.2) is 10.3 Å². The Morgan fingerprint density at radius 1 is 1.62 bits per heavy atom. The SMILES string of the molecule is C[C@H](Sc1ncn[nH]1)C(=O)Nc1nccs1. The Morgan fingerprint density at radius 2 is 2.50 bits per heavy atom. The van der Waals surface area contributed by atoms with Gasteiger partial charge >= 0.3 is 0 Å². The molecular weight excluding hydrogens is 246 g/mol. The molecule has 1 atom stereocenters. The van der Waals surface area contributed by atoms with Gasteiger partial charge in [0.05, 0.1) is 5.25 Å². The monoisotopic (exact) mass is 255 g/mol. The van der Waals surface area contributed by atoms with Gasteiger partial charge < -0.3 is 5.32 Å². The zero-order chi connectivity index (χ0) is 11.4. The Hall–Kier alpha value is -1.41. The van der Waals surface area contributed by atoms with E-state index in [0.717, 1.165) is 0 Å². The molecule has 0 radical (unpaired) electrons. The average Bonchev–Trinajstić information content (AvgIpc) is 2.90. The van der Waals surface area contributed by atoms with Crippen molar-refractivity contribution in [1.29, 1.82) is 0 Å². The molecule has 8 heteroatoms. The maximum atomic E-state index is 11.7. The summed E-state index contributed by atoms with van der Waals surface area (Å²) in [6.45, 7) is 1.80. The van der Waals surface area contributed by atoms with Crippen LogP contribution >= 0.6 is 23.1 Å². The highest BCUT2D eigenvalue weighted by atomic mass is 32.2. The Labute approximate surface area is 99.9 Å². The first-order chi connectivity index (χ1) is 7.75. The highest BCUT2D eigenvalue weighted by Crippen LogP contribution is 2.20. The molecule has 0 saturated carbocycles. The number of thiazole rings is 1. The summed E-state index contributed by atoms with van der Waals surface area (Å²) in [5.74, 6) is -0.101. The van der Waals surface area contributed by atoms with Crippen LogP contribution in [0.4, 0.5) is 5.13 Å². The molecule has 16 heavy (non-hydrogen) atoms. The molecule has 2 aromatic rings. The Kier molecular flexibility index (Phi) is 3.52. The number of anilines is 1. The van der Waals surface area contributed by atoms with E-state index in [1.807, 2.05) is 5.38 Å². The van der Waals surface area contributed by atoms with Crippen molar-refractivity contribution in [2.24, 2.45) is 0 Å². The molecular formula is C8H9N5OS2. The van der Waals surface area contributed by atoms with Crippen molar-refractivity contribution in [3.05, 3.63) is 17.9 Å². The summed E-state index contributed by atoms with van der Waals surface area (Å²) >= 11 is 2.70. The van der Waals surface area contributed by atoms with E-state index in [1.165, 1.54) is 29.4 Å². The van der Waals surface area contributed by atoms with Gasteiger partial charge in [-0.25, -0.2) is 9.97 Å². The van der Waals surface area contributed by atoms with Crippen LogP contribution in [0.2, 0.25) is 0 Å². The Balaban J connectivity index is 1.90. The minimum absolute atomic E-state index is 0.101. The number of H-pyrrole nitrogens is 1. The number of nitrogens with zero attached hydrogens (tertiary/aromatic N) is 3. The van der Waals surface area contributed by atoms with Crippen LogP contribution in [0.3, 0.4) is 0 Å². The standard InChI is InChI=1S/C8H9N5OS2/c1-5(16-8-10-4-11-13-8)6(14)12-7-9-2-3-15-7/h2-5H,1H3,(H,9,12,14)(H,10,11,13)/t5-/m0/s1. The van der Waals surface area contributed by atoms with Crippen molar-refractivity contribution in [2.45, 2.75) is 17.3 Å². The van der Waals surface area contributed by atoms with Crippen molar-refractivity contribution in [3.63, 3.8) is 0 Å². The molecule has 2 rings (SSSR count). The molecule has 0 bridgehead atoms. The van der Waals surface area contributed by atoms with Crippen LogP contribution in [-0.4, -0.2) is 31.3 Å². The van der Waals surface area contributed by atoms with Gasteiger partial charge in [0.25, 0.3) is 0 Å². The van der Waals surface area contributed by atoms with Crippen LogP contribution < -0.4 is 5.32 Å². The molecule has 1 amide bonds. The molecule has 2 heterocycles. The van der Waals surface area contributed by atoms with E-state index in [9.17, 15) is 4.79 Å². The van der Waals surface area contributed by atoms with Crippen molar-refractivity contribution >= 4 is 34.1 Å². The van der Waals surface area contributed by atoms with E-state index < -0.39 is 0 Å². The number of hydrogen-bond acceptors (Lipinski definition) is 6. The van der Waals surface area contributed by atoms with Gasteiger partial charge in [-0.15, -0.1) is 11.3 Å². The summed E-state index contributed by atoms with van der Waals surface area (Å²) in [5, 5.41) is 11.9. The molecule has 0 fully saturated rings. The van der Waals surface area contributed by atoms with Crippen LogP contribution in [-0.2, 0) is 4.79 Å². The maximum Gasteiger partial charge on any atom is 0.239 e. The van der Waals surface area contributed by atoms with Gasteiger partial charge in [0.1, 0.15) is 6.33 Å². The molecule has 0 spiro atoms. The van der Waals surface area contributed by atoms with Crippen molar-refractivity contribution in [1.82, 2.24) is 20.2 Å². The van der Waals surface area contributed by atoms with Crippen molar-refractivity contribution < 1.29 is 4.79 Å². The number of aromatic amines is 1. The molecule has 2 N–H and O–H groups in total. The highest BCUT2D eigenvalue weighted by Gasteiger charge is 2.16. The molecule has 0 unspecified atom stereocenters. The van der Waals surface area contributed by atoms with Crippen LogP contribution in [0.15, 0.2) is 23.1 Å². The summed E-state index contributed by atoms with van der Waals surface area (Å²) in [7, 11) is 0. The first kappa shape index (κ1) is 11.1. The van der Waals surface area contributed by atoms with Crippen LogP contribution in [0, 0.1) is 0 Å². The van der Waals surface area contributed by atoms with E-state index in [2.05, 4.69) is 25.5 Å². The van der Waals surface area contributed by atoms with Gasteiger partial charge in [-0.3, -0.25) is 9.89 Å². The van der Waals surface area contributed by atoms with E-state index in [0.29, 0.717) is 10.3 Å². The number of carbonyl (C=O) groups is 1. The topological polar surface area (TPSA) is 83.6 Å².